The number of hydrogen-bond donors (Lipinski definition) is 0. The highest BCUT2D eigenvalue weighted by Crippen LogP contribution is 2.40. The van der Waals surface area contributed by atoms with Crippen LogP contribution in [0, 0.1) is 11.8 Å². The molecule has 20 heavy (non-hydrogen) atoms. The highest BCUT2D eigenvalue weighted by atomic mass is 16.6. The average molecular weight is 284 g/mol. The molecule has 0 saturated carbocycles. The zero-order chi connectivity index (χ0) is 15.5. The highest BCUT2D eigenvalue weighted by molar-refractivity contribution is 6.01. The van der Waals surface area contributed by atoms with E-state index in [1.54, 1.807) is 27.7 Å². The lowest BCUT2D eigenvalue weighted by molar-refractivity contribution is -0.168. The van der Waals surface area contributed by atoms with Gasteiger partial charge in [0, 0.05) is 0 Å². The van der Waals surface area contributed by atoms with E-state index < -0.39 is 35.3 Å². The van der Waals surface area contributed by atoms with Crippen LogP contribution in [0.1, 0.15) is 27.7 Å². The van der Waals surface area contributed by atoms with Gasteiger partial charge >= 0.3 is 17.9 Å². The molecule has 0 bridgehead atoms. The fraction of sp³-hybridized carbons (Fsp3) is 0.643. The molecule has 6 nitrogen and oxygen atoms in total. The fourth-order valence-corrected chi connectivity index (χ4v) is 2.07. The van der Waals surface area contributed by atoms with Gasteiger partial charge in [0.15, 0.2) is 5.92 Å². The second-order valence-electron chi connectivity index (χ2n) is 4.92. The molecule has 1 aliphatic heterocycles. The van der Waals surface area contributed by atoms with E-state index in [1.165, 1.54) is 0 Å². The van der Waals surface area contributed by atoms with Crippen molar-refractivity contribution in [1.29, 1.82) is 0 Å². The van der Waals surface area contributed by atoms with Crippen molar-refractivity contribution in [2.24, 2.45) is 11.8 Å². The summed E-state index contributed by atoms with van der Waals surface area (Å²) < 4.78 is 14.9. The van der Waals surface area contributed by atoms with Crippen LogP contribution in [0.5, 0.6) is 0 Å². The number of esters is 3. The number of ether oxygens (including phenoxy) is 3. The maximum atomic E-state index is 12.0. The van der Waals surface area contributed by atoms with E-state index in [0.717, 1.165) is 0 Å². The molecule has 1 atom stereocenters. The molecular formula is C14H20O6. The largest absolute Gasteiger partial charge is 0.465 e. The summed E-state index contributed by atoms with van der Waals surface area (Å²) in [7, 11) is 0. The second-order valence-corrected chi connectivity index (χ2v) is 4.92. The van der Waals surface area contributed by atoms with Crippen molar-refractivity contribution in [2.45, 2.75) is 33.3 Å². The summed E-state index contributed by atoms with van der Waals surface area (Å²) in [5.41, 5.74) is -0.549. The third-order valence-corrected chi connectivity index (χ3v) is 3.17. The lowest BCUT2D eigenvalue weighted by Crippen LogP contribution is -2.37. The van der Waals surface area contributed by atoms with Crippen LogP contribution in [0.3, 0.4) is 0 Å². The molecule has 0 amide bonds. The Hall–Kier alpha value is -1.85. The number of cyclic esters (lactones) is 1. The minimum atomic E-state index is -1.36. The van der Waals surface area contributed by atoms with Crippen LogP contribution in [0.25, 0.3) is 0 Å². The Morgan fingerprint density at radius 1 is 1.25 bits per heavy atom. The Bertz CT molecular complexity index is 419. The third kappa shape index (κ3) is 3.00. The molecule has 6 heteroatoms. The van der Waals surface area contributed by atoms with Crippen LogP contribution in [0.4, 0.5) is 0 Å². The maximum absolute atomic E-state index is 12.0. The van der Waals surface area contributed by atoms with Gasteiger partial charge in [-0.15, -0.1) is 0 Å². The van der Waals surface area contributed by atoms with E-state index in [-0.39, 0.29) is 13.2 Å². The van der Waals surface area contributed by atoms with E-state index >= 15 is 0 Å². The fourth-order valence-electron chi connectivity index (χ4n) is 2.07. The van der Waals surface area contributed by atoms with Crippen LogP contribution in [0.15, 0.2) is 12.2 Å². The molecule has 0 aromatic rings. The topological polar surface area (TPSA) is 78.9 Å². The van der Waals surface area contributed by atoms with Crippen molar-refractivity contribution >= 4 is 17.9 Å². The molecule has 1 aliphatic rings. The normalized spacial score (nSPS) is 20.8. The summed E-state index contributed by atoms with van der Waals surface area (Å²) in [5.74, 6) is -4.69. The van der Waals surface area contributed by atoms with Crippen LogP contribution in [-0.2, 0) is 28.6 Å². The molecule has 0 radical (unpaired) electrons. The predicted octanol–water partition coefficient (Wildman–Crippen LogP) is 1.24. The molecule has 0 aromatic carbocycles. The van der Waals surface area contributed by atoms with Crippen molar-refractivity contribution < 1.29 is 28.6 Å². The first kappa shape index (κ1) is 16.2. The molecule has 1 heterocycles. The minimum absolute atomic E-state index is 0.104. The molecular weight excluding hydrogens is 264 g/mol. The first-order chi connectivity index (χ1) is 9.26. The molecule has 1 saturated heterocycles. The minimum Gasteiger partial charge on any atom is -0.465 e. The standard InChI is InChI=1S/C14H20O6/c1-6-18-11(15)10(12(16)19-7-2)9-8(3)14(4,5)20-13(9)17/h9-10H,3,6-7H2,1-2,4-5H3. The first-order valence-electron chi connectivity index (χ1n) is 6.51. The van der Waals surface area contributed by atoms with E-state index in [4.69, 9.17) is 14.2 Å². The van der Waals surface area contributed by atoms with Gasteiger partial charge < -0.3 is 14.2 Å². The van der Waals surface area contributed by atoms with Crippen molar-refractivity contribution in [3.8, 4) is 0 Å². The van der Waals surface area contributed by atoms with Crippen molar-refractivity contribution in [1.82, 2.24) is 0 Å². The molecule has 0 spiro atoms. The number of rotatable bonds is 5. The Kier molecular flexibility index (Phi) is 4.92. The Labute approximate surface area is 118 Å². The van der Waals surface area contributed by atoms with E-state index in [0.29, 0.717) is 5.57 Å². The summed E-state index contributed by atoms with van der Waals surface area (Å²) >= 11 is 0. The highest BCUT2D eigenvalue weighted by Gasteiger charge is 2.53. The van der Waals surface area contributed by atoms with Gasteiger partial charge in [-0.05, 0) is 33.3 Å². The molecule has 1 unspecified atom stereocenters. The summed E-state index contributed by atoms with van der Waals surface area (Å²) in [5, 5.41) is 0. The van der Waals surface area contributed by atoms with E-state index in [9.17, 15) is 14.4 Å². The number of carbonyl (C=O) groups excluding carboxylic acids is 3. The summed E-state index contributed by atoms with van der Waals surface area (Å²) in [4.78, 5) is 35.9. The van der Waals surface area contributed by atoms with Gasteiger partial charge in [-0.25, -0.2) is 0 Å². The Morgan fingerprint density at radius 2 is 1.70 bits per heavy atom. The predicted molar refractivity (Wildman–Crippen MR) is 69.6 cm³/mol. The van der Waals surface area contributed by atoms with Gasteiger partial charge in [0.2, 0.25) is 0 Å². The van der Waals surface area contributed by atoms with Crippen LogP contribution in [-0.4, -0.2) is 36.7 Å². The summed E-state index contributed by atoms with van der Waals surface area (Å²) in [6.07, 6.45) is 0. The quantitative estimate of drug-likeness (QED) is 0.327. The monoisotopic (exact) mass is 284 g/mol. The van der Waals surface area contributed by atoms with Gasteiger partial charge in [-0.1, -0.05) is 6.58 Å². The lowest BCUT2D eigenvalue weighted by Gasteiger charge is -2.21. The summed E-state index contributed by atoms with van der Waals surface area (Å²) in [6.45, 7) is 10.5. The number of hydrogen-bond acceptors (Lipinski definition) is 6. The average Bonchev–Trinajstić information content (AvgIpc) is 2.52. The molecule has 0 N–H and O–H groups in total. The van der Waals surface area contributed by atoms with Crippen LogP contribution >= 0.6 is 0 Å². The summed E-state index contributed by atoms with van der Waals surface area (Å²) in [6, 6.07) is 0. The van der Waals surface area contributed by atoms with Crippen LogP contribution < -0.4 is 0 Å². The maximum Gasteiger partial charge on any atom is 0.321 e. The van der Waals surface area contributed by atoms with Gasteiger partial charge in [0.1, 0.15) is 11.5 Å². The van der Waals surface area contributed by atoms with Gasteiger partial charge in [0.05, 0.1) is 13.2 Å². The lowest BCUT2D eigenvalue weighted by atomic mass is 9.82. The van der Waals surface area contributed by atoms with Crippen molar-refractivity contribution in [3.05, 3.63) is 12.2 Å². The molecule has 112 valence electrons. The van der Waals surface area contributed by atoms with Crippen molar-refractivity contribution in [2.75, 3.05) is 13.2 Å². The Morgan fingerprint density at radius 3 is 2.00 bits per heavy atom. The zero-order valence-corrected chi connectivity index (χ0v) is 12.2. The molecule has 0 aliphatic carbocycles. The molecule has 0 aromatic heterocycles. The number of carbonyl (C=O) groups is 3. The SMILES string of the molecule is C=C1C(C(C(=O)OCC)C(=O)OCC)C(=O)OC1(C)C. The zero-order valence-electron chi connectivity index (χ0n) is 12.2. The Balaban J connectivity index is 3.11. The first-order valence-corrected chi connectivity index (χ1v) is 6.51. The molecule has 1 rings (SSSR count). The second kappa shape index (κ2) is 6.07. The van der Waals surface area contributed by atoms with E-state index in [2.05, 4.69) is 6.58 Å². The van der Waals surface area contributed by atoms with Crippen molar-refractivity contribution in [3.63, 3.8) is 0 Å². The smallest absolute Gasteiger partial charge is 0.321 e. The van der Waals surface area contributed by atoms with Gasteiger partial charge in [-0.2, -0.15) is 0 Å². The third-order valence-electron chi connectivity index (χ3n) is 3.17. The van der Waals surface area contributed by atoms with Gasteiger partial charge in [-0.3, -0.25) is 14.4 Å². The molecule has 1 fully saturated rings. The van der Waals surface area contributed by atoms with E-state index in [1.807, 2.05) is 0 Å². The van der Waals surface area contributed by atoms with Gasteiger partial charge in [0.25, 0.3) is 0 Å². The van der Waals surface area contributed by atoms with Crippen LogP contribution in [0.2, 0.25) is 0 Å².